The second kappa shape index (κ2) is 5.49. The number of aromatic amines is 1. The van der Waals surface area contributed by atoms with E-state index in [-0.39, 0.29) is 0 Å². The molecule has 1 N–H and O–H groups in total. The van der Waals surface area contributed by atoms with Crippen LogP contribution < -0.4 is 0 Å². The van der Waals surface area contributed by atoms with Gasteiger partial charge in [-0.05, 0) is 49.2 Å². The minimum Gasteiger partial charge on any atom is -0.346 e. The average molecular weight is 340 g/mol. The number of aromatic nitrogens is 6. The monoisotopic (exact) mass is 340 g/mol. The summed E-state index contributed by atoms with van der Waals surface area (Å²) in [6.07, 6.45) is 9.22. The highest BCUT2D eigenvalue weighted by Gasteiger charge is 2.12. The fourth-order valence-corrected chi connectivity index (χ4v) is 3.49. The summed E-state index contributed by atoms with van der Waals surface area (Å²) in [5.74, 6) is 0. The third-order valence-electron chi connectivity index (χ3n) is 4.76. The van der Waals surface area contributed by atoms with Crippen LogP contribution in [0.2, 0.25) is 0 Å². The lowest BCUT2D eigenvalue weighted by molar-refractivity contribution is 0.962. The maximum Gasteiger partial charge on any atom is 0.155 e. The Balaban J connectivity index is 1.72. The molecule has 0 unspecified atom stereocenters. The Hall–Kier alpha value is -3.54. The van der Waals surface area contributed by atoms with E-state index in [1.807, 2.05) is 49.9 Å². The Morgan fingerprint density at radius 3 is 2.81 bits per heavy atom. The smallest absolute Gasteiger partial charge is 0.155 e. The molecule has 0 atom stereocenters. The first kappa shape index (κ1) is 14.8. The largest absolute Gasteiger partial charge is 0.346 e. The first-order chi connectivity index (χ1) is 12.7. The molecule has 0 saturated carbocycles. The topological polar surface area (TPSA) is 71.8 Å². The molecule has 0 amide bonds. The third kappa shape index (κ3) is 2.19. The molecule has 0 radical (unpaired) electrons. The lowest BCUT2D eigenvalue weighted by Gasteiger charge is -2.09. The van der Waals surface area contributed by atoms with E-state index in [4.69, 9.17) is 0 Å². The van der Waals surface area contributed by atoms with Gasteiger partial charge in [0, 0.05) is 52.6 Å². The van der Waals surface area contributed by atoms with Crippen molar-refractivity contribution in [3.63, 3.8) is 0 Å². The predicted molar refractivity (Wildman–Crippen MR) is 101 cm³/mol. The maximum atomic E-state index is 4.62. The van der Waals surface area contributed by atoms with E-state index in [1.165, 1.54) is 5.56 Å². The van der Waals surface area contributed by atoms with Crippen molar-refractivity contribution in [2.24, 2.45) is 0 Å². The summed E-state index contributed by atoms with van der Waals surface area (Å²) in [5.41, 5.74) is 8.28. The van der Waals surface area contributed by atoms with Crippen molar-refractivity contribution < 1.29 is 0 Å². The molecular formula is C20H16N6. The van der Waals surface area contributed by atoms with Gasteiger partial charge in [-0.3, -0.25) is 4.98 Å². The summed E-state index contributed by atoms with van der Waals surface area (Å²) >= 11 is 0. The molecule has 0 saturated heterocycles. The van der Waals surface area contributed by atoms with E-state index >= 15 is 0 Å². The summed E-state index contributed by atoms with van der Waals surface area (Å²) in [7, 11) is 0. The minimum absolute atomic E-state index is 0.819. The van der Waals surface area contributed by atoms with Gasteiger partial charge in [0.05, 0.1) is 0 Å². The normalized spacial score (nSPS) is 11.5. The minimum atomic E-state index is 0.819. The van der Waals surface area contributed by atoms with E-state index in [9.17, 15) is 0 Å². The Kier molecular flexibility index (Phi) is 3.12. The van der Waals surface area contributed by atoms with Crippen molar-refractivity contribution in [1.82, 2.24) is 29.5 Å². The molecule has 126 valence electrons. The fourth-order valence-electron chi connectivity index (χ4n) is 3.49. The fraction of sp³-hybridized carbons (Fsp3) is 0.100. The molecule has 5 aromatic heterocycles. The van der Waals surface area contributed by atoms with Gasteiger partial charge in [-0.1, -0.05) is 0 Å². The number of rotatable bonds is 2. The molecule has 5 heterocycles. The standard InChI is InChI=1S/C20H16N6/c1-12-3-5-21-13(2)19(12)15-7-16-17(10-23-20(16)22-9-15)14-4-6-26-18(8-14)24-11-25-26/h3-11H,1-2H3,(H,22,23). The Morgan fingerprint density at radius 2 is 1.92 bits per heavy atom. The van der Waals surface area contributed by atoms with Crippen molar-refractivity contribution >= 4 is 16.7 Å². The Morgan fingerprint density at radius 1 is 1.00 bits per heavy atom. The van der Waals surface area contributed by atoms with Crippen molar-refractivity contribution in [2.75, 3.05) is 0 Å². The number of pyridine rings is 3. The highest BCUT2D eigenvalue weighted by atomic mass is 15.3. The van der Waals surface area contributed by atoms with Crippen LogP contribution in [0.15, 0.2) is 55.4 Å². The zero-order valence-corrected chi connectivity index (χ0v) is 14.4. The molecule has 6 nitrogen and oxygen atoms in total. The summed E-state index contributed by atoms with van der Waals surface area (Å²) in [6, 6.07) is 8.28. The number of hydrogen-bond acceptors (Lipinski definition) is 4. The molecule has 0 fully saturated rings. The first-order valence-corrected chi connectivity index (χ1v) is 8.40. The van der Waals surface area contributed by atoms with Crippen molar-refractivity contribution in [1.29, 1.82) is 0 Å². The van der Waals surface area contributed by atoms with Gasteiger partial charge in [0.2, 0.25) is 0 Å². The van der Waals surface area contributed by atoms with Crippen LogP contribution >= 0.6 is 0 Å². The predicted octanol–water partition coefficient (Wildman–Crippen LogP) is 3.95. The van der Waals surface area contributed by atoms with Gasteiger partial charge in [0.15, 0.2) is 5.65 Å². The van der Waals surface area contributed by atoms with Gasteiger partial charge < -0.3 is 4.98 Å². The number of nitrogens with one attached hydrogen (secondary N) is 1. The zero-order valence-electron chi connectivity index (χ0n) is 14.4. The van der Waals surface area contributed by atoms with Gasteiger partial charge in [-0.2, -0.15) is 5.10 Å². The van der Waals surface area contributed by atoms with Crippen LogP contribution in [0.25, 0.3) is 38.9 Å². The molecular weight excluding hydrogens is 324 g/mol. The molecule has 0 aliphatic rings. The Bertz CT molecular complexity index is 1240. The van der Waals surface area contributed by atoms with E-state index < -0.39 is 0 Å². The van der Waals surface area contributed by atoms with Crippen LogP contribution in [0.5, 0.6) is 0 Å². The number of fused-ring (bicyclic) bond motifs is 2. The molecule has 0 aliphatic heterocycles. The van der Waals surface area contributed by atoms with Crippen molar-refractivity contribution in [3.8, 4) is 22.3 Å². The quantitative estimate of drug-likeness (QED) is 0.528. The summed E-state index contributed by atoms with van der Waals surface area (Å²) < 4.78 is 1.75. The van der Waals surface area contributed by atoms with Crippen LogP contribution in [-0.2, 0) is 0 Å². The van der Waals surface area contributed by atoms with E-state index in [1.54, 1.807) is 10.8 Å². The second-order valence-electron chi connectivity index (χ2n) is 6.39. The SMILES string of the molecule is Cc1ccnc(C)c1-c1cnc2[nH]cc(-c3ccn4ncnc4c3)c2c1. The van der Waals surface area contributed by atoms with Gasteiger partial charge in [0.25, 0.3) is 0 Å². The van der Waals surface area contributed by atoms with Crippen LogP contribution in [-0.4, -0.2) is 29.5 Å². The van der Waals surface area contributed by atoms with Crippen molar-refractivity contribution in [2.45, 2.75) is 13.8 Å². The lowest BCUT2D eigenvalue weighted by atomic mass is 9.99. The second-order valence-corrected chi connectivity index (χ2v) is 6.39. The highest BCUT2D eigenvalue weighted by molar-refractivity contribution is 5.96. The van der Waals surface area contributed by atoms with Gasteiger partial charge in [-0.25, -0.2) is 14.5 Å². The summed E-state index contributed by atoms with van der Waals surface area (Å²) in [5, 5.41) is 5.23. The van der Waals surface area contributed by atoms with Gasteiger partial charge in [0.1, 0.15) is 12.0 Å². The van der Waals surface area contributed by atoms with Gasteiger partial charge in [-0.15, -0.1) is 0 Å². The molecule has 6 heteroatoms. The molecule has 0 aliphatic carbocycles. The summed E-state index contributed by atoms with van der Waals surface area (Å²) in [4.78, 5) is 16.6. The zero-order chi connectivity index (χ0) is 17.7. The number of H-pyrrole nitrogens is 1. The third-order valence-corrected chi connectivity index (χ3v) is 4.76. The number of aryl methyl sites for hydroxylation is 2. The maximum absolute atomic E-state index is 4.62. The first-order valence-electron chi connectivity index (χ1n) is 8.40. The highest BCUT2D eigenvalue weighted by Crippen LogP contribution is 2.33. The van der Waals surface area contributed by atoms with Crippen molar-refractivity contribution in [3.05, 3.63) is 66.6 Å². The van der Waals surface area contributed by atoms with E-state index in [0.717, 1.165) is 44.6 Å². The average Bonchev–Trinajstić information content (AvgIpc) is 3.27. The summed E-state index contributed by atoms with van der Waals surface area (Å²) in [6.45, 7) is 4.13. The molecule has 0 bridgehead atoms. The van der Waals surface area contributed by atoms with E-state index in [0.29, 0.717) is 0 Å². The molecule has 0 spiro atoms. The number of hydrogen-bond donors (Lipinski definition) is 1. The molecule has 0 aromatic carbocycles. The van der Waals surface area contributed by atoms with Crippen LogP contribution in [0.3, 0.4) is 0 Å². The van der Waals surface area contributed by atoms with Crippen LogP contribution in [0, 0.1) is 13.8 Å². The van der Waals surface area contributed by atoms with Crippen LogP contribution in [0.4, 0.5) is 0 Å². The van der Waals surface area contributed by atoms with Gasteiger partial charge >= 0.3 is 0 Å². The van der Waals surface area contributed by atoms with Crippen LogP contribution in [0.1, 0.15) is 11.3 Å². The number of nitrogens with zero attached hydrogens (tertiary/aromatic N) is 5. The molecule has 26 heavy (non-hydrogen) atoms. The Labute approximate surface area is 149 Å². The van der Waals surface area contributed by atoms with E-state index in [2.05, 4.69) is 38.0 Å². The molecule has 5 rings (SSSR count). The molecule has 5 aromatic rings. The lowest BCUT2D eigenvalue weighted by Crippen LogP contribution is -1.92.